The van der Waals surface area contributed by atoms with Crippen LogP contribution in [0.2, 0.25) is 0 Å². The van der Waals surface area contributed by atoms with Crippen LogP contribution in [0.3, 0.4) is 0 Å². The largest absolute Gasteiger partial charge is 0.494 e. The van der Waals surface area contributed by atoms with E-state index in [9.17, 15) is 9.59 Å². The van der Waals surface area contributed by atoms with E-state index in [4.69, 9.17) is 10.5 Å². The van der Waals surface area contributed by atoms with Gasteiger partial charge in [-0.3, -0.25) is 4.79 Å². The monoisotopic (exact) mass is 333 g/mol. The molecule has 1 unspecified atom stereocenters. The molecular formula is C18H27N3O3. The van der Waals surface area contributed by atoms with E-state index in [1.165, 1.54) is 0 Å². The van der Waals surface area contributed by atoms with E-state index < -0.39 is 6.03 Å². The summed E-state index contributed by atoms with van der Waals surface area (Å²) in [7, 11) is 1.80. The van der Waals surface area contributed by atoms with Crippen LogP contribution < -0.4 is 10.5 Å². The minimum Gasteiger partial charge on any atom is -0.494 e. The van der Waals surface area contributed by atoms with Crippen molar-refractivity contribution >= 4 is 11.9 Å². The van der Waals surface area contributed by atoms with Gasteiger partial charge in [-0.1, -0.05) is 12.1 Å². The van der Waals surface area contributed by atoms with E-state index in [0.29, 0.717) is 26.2 Å². The number of carbonyl (C=O) groups is 2. The normalized spacial score (nSPS) is 17.4. The number of likely N-dealkylation sites (tertiary alicyclic amines) is 1. The predicted octanol–water partition coefficient (Wildman–Crippen LogP) is 2.01. The number of hydrogen-bond donors (Lipinski definition) is 1. The Hall–Kier alpha value is -2.24. The van der Waals surface area contributed by atoms with Crippen LogP contribution in [-0.4, -0.2) is 55.0 Å². The van der Waals surface area contributed by atoms with Gasteiger partial charge in [0, 0.05) is 26.7 Å². The van der Waals surface area contributed by atoms with Gasteiger partial charge in [0.15, 0.2) is 0 Å². The molecule has 2 N–H and O–H groups in total. The maximum absolute atomic E-state index is 12.5. The molecule has 1 aliphatic heterocycles. The molecule has 0 aromatic heterocycles. The van der Waals surface area contributed by atoms with E-state index in [1.807, 2.05) is 31.2 Å². The van der Waals surface area contributed by atoms with Crippen molar-refractivity contribution in [2.45, 2.75) is 26.2 Å². The van der Waals surface area contributed by atoms with E-state index in [2.05, 4.69) is 0 Å². The summed E-state index contributed by atoms with van der Waals surface area (Å²) in [5.41, 5.74) is 6.48. The van der Waals surface area contributed by atoms with E-state index in [-0.39, 0.29) is 11.8 Å². The van der Waals surface area contributed by atoms with Crippen molar-refractivity contribution in [1.29, 1.82) is 0 Å². The standard InChI is InChI=1S/C18H27N3O3/c1-14-6-3-8-16(12-14)24-11-5-9-20(2)17(22)15-7-4-10-21(13-15)18(19)23/h3,6,8,12,15H,4-5,7,9-11,13H2,1-2H3,(H2,19,23). The van der Waals surface area contributed by atoms with Gasteiger partial charge in [0.25, 0.3) is 0 Å². The SMILES string of the molecule is Cc1cccc(OCCCN(C)C(=O)C2CCCN(C(N)=O)C2)c1. The smallest absolute Gasteiger partial charge is 0.314 e. The number of piperidine rings is 1. The molecule has 6 nitrogen and oxygen atoms in total. The zero-order valence-electron chi connectivity index (χ0n) is 14.5. The number of rotatable bonds is 6. The van der Waals surface area contributed by atoms with Crippen molar-refractivity contribution < 1.29 is 14.3 Å². The molecule has 1 saturated heterocycles. The average Bonchev–Trinajstić information content (AvgIpc) is 2.58. The van der Waals surface area contributed by atoms with E-state index >= 15 is 0 Å². The van der Waals surface area contributed by atoms with Crippen LogP contribution in [0, 0.1) is 12.8 Å². The lowest BCUT2D eigenvalue weighted by Gasteiger charge is -2.33. The highest BCUT2D eigenvalue weighted by Crippen LogP contribution is 2.18. The summed E-state index contributed by atoms with van der Waals surface area (Å²) < 4.78 is 5.70. The molecule has 6 heteroatoms. The van der Waals surface area contributed by atoms with Crippen molar-refractivity contribution in [3.63, 3.8) is 0 Å². The zero-order valence-corrected chi connectivity index (χ0v) is 14.5. The number of aryl methyl sites for hydroxylation is 1. The number of nitrogens with two attached hydrogens (primary N) is 1. The number of ether oxygens (including phenoxy) is 1. The van der Waals surface area contributed by atoms with Crippen molar-refractivity contribution in [1.82, 2.24) is 9.80 Å². The highest BCUT2D eigenvalue weighted by atomic mass is 16.5. The van der Waals surface area contributed by atoms with E-state index in [0.717, 1.165) is 30.6 Å². The molecule has 0 aliphatic carbocycles. The summed E-state index contributed by atoms with van der Waals surface area (Å²) in [6, 6.07) is 7.48. The number of hydrogen-bond acceptors (Lipinski definition) is 3. The first kappa shape index (κ1) is 18.1. The fraction of sp³-hybridized carbons (Fsp3) is 0.556. The first-order valence-electron chi connectivity index (χ1n) is 8.46. The quantitative estimate of drug-likeness (QED) is 0.809. The summed E-state index contributed by atoms with van der Waals surface area (Å²) in [6.07, 6.45) is 2.40. The molecule has 0 saturated carbocycles. The molecule has 0 bridgehead atoms. The highest BCUT2D eigenvalue weighted by Gasteiger charge is 2.29. The molecule has 3 amide bonds. The summed E-state index contributed by atoms with van der Waals surface area (Å²) >= 11 is 0. The molecule has 1 aliphatic rings. The molecule has 0 radical (unpaired) electrons. The number of carbonyl (C=O) groups excluding carboxylic acids is 2. The third kappa shape index (κ3) is 5.15. The highest BCUT2D eigenvalue weighted by molar-refractivity contribution is 5.80. The number of primary amides is 1. The fourth-order valence-corrected chi connectivity index (χ4v) is 3.00. The molecule has 1 aromatic rings. The maximum Gasteiger partial charge on any atom is 0.314 e. The average molecular weight is 333 g/mol. The molecule has 0 spiro atoms. The van der Waals surface area contributed by atoms with Crippen LogP contribution in [0.4, 0.5) is 4.79 Å². The Morgan fingerprint density at radius 2 is 2.21 bits per heavy atom. The van der Waals surface area contributed by atoms with Crippen molar-refractivity contribution in [2.24, 2.45) is 11.7 Å². The van der Waals surface area contributed by atoms with Gasteiger partial charge in [-0.15, -0.1) is 0 Å². The number of nitrogens with zero attached hydrogens (tertiary/aromatic N) is 2. The molecule has 1 aromatic carbocycles. The minimum absolute atomic E-state index is 0.0801. The third-order valence-electron chi connectivity index (χ3n) is 4.35. The second kappa shape index (κ2) is 8.57. The Morgan fingerprint density at radius 1 is 1.42 bits per heavy atom. The molecular weight excluding hydrogens is 306 g/mol. The van der Waals surface area contributed by atoms with Gasteiger partial charge in [-0.25, -0.2) is 4.79 Å². The summed E-state index contributed by atoms with van der Waals surface area (Å²) in [4.78, 5) is 27.0. The number of amides is 3. The predicted molar refractivity (Wildman–Crippen MR) is 92.8 cm³/mol. The van der Waals surface area contributed by atoms with Gasteiger partial charge >= 0.3 is 6.03 Å². The van der Waals surface area contributed by atoms with Crippen LogP contribution in [0.5, 0.6) is 5.75 Å². The van der Waals surface area contributed by atoms with Crippen LogP contribution >= 0.6 is 0 Å². The van der Waals surface area contributed by atoms with Gasteiger partial charge in [0.1, 0.15) is 5.75 Å². The van der Waals surface area contributed by atoms with E-state index in [1.54, 1.807) is 16.8 Å². The molecule has 1 atom stereocenters. The summed E-state index contributed by atoms with van der Waals surface area (Å²) in [5.74, 6) is 0.791. The number of urea groups is 1. The zero-order chi connectivity index (χ0) is 17.5. The van der Waals surface area contributed by atoms with Crippen molar-refractivity contribution in [3.8, 4) is 5.75 Å². The Bertz CT molecular complexity index is 576. The minimum atomic E-state index is -0.443. The second-order valence-electron chi connectivity index (χ2n) is 6.40. The fourth-order valence-electron chi connectivity index (χ4n) is 3.00. The molecule has 132 valence electrons. The van der Waals surface area contributed by atoms with Crippen LogP contribution in [-0.2, 0) is 4.79 Å². The lowest BCUT2D eigenvalue weighted by molar-refractivity contribution is -0.135. The first-order chi connectivity index (χ1) is 11.5. The van der Waals surface area contributed by atoms with Gasteiger partial charge in [0.05, 0.1) is 12.5 Å². The summed E-state index contributed by atoms with van der Waals surface area (Å²) in [6.45, 7) is 4.31. The molecule has 1 heterocycles. The molecule has 1 fully saturated rings. The third-order valence-corrected chi connectivity index (χ3v) is 4.35. The van der Waals surface area contributed by atoms with Crippen molar-refractivity contribution in [2.75, 3.05) is 33.3 Å². The Balaban J connectivity index is 1.72. The van der Waals surface area contributed by atoms with Gasteiger partial charge in [-0.2, -0.15) is 0 Å². The maximum atomic E-state index is 12.5. The van der Waals surface area contributed by atoms with Gasteiger partial charge in [0.2, 0.25) is 5.91 Å². The van der Waals surface area contributed by atoms with Gasteiger partial charge < -0.3 is 20.3 Å². The lowest BCUT2D eigenvalue weighted by Crippen LogP contribution is -2.47. The van der Waals surface area contributed by atoms with Crippen molar-refractivity contribution in [3.05, 3.63) is 29.8 Å². The van der Waals surface area contributed by atoms with Crippen LogP contribution in [0.1, 0.15) is 24.8 Å². The van der Waals surface area contributed by atoms with Crippen LogP contribution in [0.25, 0.3) is 0 Å². The summed E-state index contributed by atoms with van der Waals surface area (Å²) in [5, 5.41) is 0. The topological polar surface area (TPSA) is 75.9 Å². The molecule has 24 heavy (non-hydrogen) atoms. The second-order valence-corrected chi connectivity index (χ2v) is 6.40. The Labute approximate surface area is 143 Å². The number of benzene rings is 1. The lowest BCUT2D eigenvalue weighted by atomic mass is 9.97. The molecule has 2 rings (SSSR count). The Kier molecular flexibility index (Phi) is 6.46. The first-order valence-corrected chi connectivity index (χ1v) is 8.46. The Morgan fingerprint density at radius 3 is 2.92 bits per heavy atom. The van der Waals surface area contributed by atoms with Gasteiger partial charge in [-0.05, 0) is 43.9 Å². The van der Waals surface area contributed by atoms with Crippen LogP contribution in [0.15, 0.2) is 24.3 Å².